The van der Waals surface area contributed by atoms with E-state index >= 15 is 0 Å². The first kappa shape index (κ1) is 26.7. The maximum Gasteiger partial charge on any atom is 0.245 e. The van der Waals surface area contributed by atoms with Gasteiger partial charge in [-0.15, -0.1) is 0 Å². The van der Waals surface area contributed by atoms with Crippen molar-refractivity contribution >= 4 is 5.91 Å². The molecule has 1 heterocycles. The molecular weight excluding hydrogens is 458 g/mol. The predicted molar refractivity (Wildman–Crippen MR) is 140 cm³/mol. The summed E-state index contributed by atoms with van der Waals surface area (Å²) in [5.41, 5.74) is 3.45. The van der Waals surface area contributed by atoms with Crippen molar-refractivity contribution in [3.05, 3.63) is 71.1 Å². The van der Waals surface area contributed by atoms with E-state index in [1.165, 1.54) is 11.1 Å². The maximum absolute atomic E-state index is 14.3. The van der Waals surface area contributed by atoms with Crippen molar-refractivity contribution in [2.45, 2.75) is 57.5 Å². The van der Waals surface area contributed by atoms with Gasteiger partial charge in [0.2, 0.25) is 5.91 Å². The second kappa shape index (κ2) is 12.8. The lowest BCUT2D eigenvalue weighted by Gasteiger charge is -2.38. The number of carbonyl (C=O) groups excluding carboxylic acids is 1. The van der Waals surface area contributed by atoms with Gasteiger partial charge >= 0.3 is 0 Å². The second-order valence-corrected chi connectivity index (χ2v) is 10.7. The maximum atomic E-state index is 14.3. The van der Waals surface area contributed by atoms with Crippen LogP contribution in [0.3, 0.4) is 0 Å². The van der Waals surface area contributed by atoms with E-state index in [-0.39, 0.29) is 17.7 Å². The number of nitrogens with one attached hydrogen (secondary N) is 2. The van der Waals surface area contributed by atoms with Crippen LogP contribution in [0.5, 0.6) is 0 Å². The van der Waals surface area contributed by atoms with Crippen LogP contribution in [-0.4, -0.2) is 43.4 Å². The fraction of sp³-hybridized carbons (Fsp3) is 0.567. The minimum Gasteiger partial charge on any atom is -0.387 e. The van der Waals surface area contributed by atoms with Gasteiger partial charge in [-0.2, -0.15) is 0 Å². The topological polar surface area (TPSA) is 61.4 Å². The number of carbonyl (C=O) groups is 1. The third-order valence-corrected chi connectivity index (χ3v) is 8.33. The van der Waals surface area contributed by atoms with Gasteiger partial charge in [-0.05, 0) is 92.1 Å². The molecule has 1 aromatic rings. The summed E-state index contributed by atoms with van der Waals surface area (Å²) < 4.78 is 28.4. The highest BCUT2D eigenvalue weighted by molar-refractivity contribution is 5.76. The van der Waals surface area contributed by atoms with Crippen LogP contribution in [0.25, 0.3) is 0 Å². The molecule has 1 aliphatic heterocycles. The van der Waals surface area contributed by atoms with Gasteiger partial charge in [0.05, 0.1) is 0 Å². The summed E-state index contributed by atoms with van der Waals surface area (Å²) in [6, 6.07) is 8.41. The van der Waals surface area contributed by atoms with E-state index in [2.05, 4.69) is 47.9 Å². The molecule has 0 bridgehead atoms. The largest absolute Gasteiger partial charge is 0.387 e. The van der Waals surface area contributed by atoms with E-state index < -0.39 is 18.6 Å². The number of aliphatic hydroxyl groups excluding tert-OH is 1. The molecule has 3 N–H and O–H groups in total. The molecule has 1 aromatic carbocycles. The Hall–Kier alpha value is -2.31. The molecular formula is C30H40F2N2O2. The Labute approximate surface area is 213 Å². The molecule has 0 saturated carbocycles. The third kappa shape index (κ3) is 6.71. The van der Waals surface area contributed by atoms with Crippen LogP contribution in [0.4, 0.5) is 8.78 Å². The summed E-state index contributed by atoms with van der Waals surface area (Å²) >= 11 is 0. The molecule has 4 rings (SSSR count). The van der Waals surface area contributed by atoms with Gasteiger partial charge in [0, 0.05) is 18.9 Å². The minimum absolute atomic E-state index is 0.206. The van der Waals surface area contributed by atoms with E-state index in [9.17, 15) is 13.6 Å². The average Bonchev–Trinajstić information content (AvgIpc) is 3.21. The average molecular weight is 499 g/mol. The second-order valence-electron chi connectivity index (χ2n) is 10.7. The molecule has 6 atom stereocenters. The summed E-state index contributed by atoms with van der Waals surface area (Å²) in [6.07, 6.45) is 11.2. The Morgan fingerprint density at radius 1 is 1.25 bits per heavy atom. The highest BCUT2D eigenvalue weighted by Gasteiger charge is 2.37. The highest BCUT2D eigenvalue weighted by atomic mass is 19.1. The van der Waals surface area contributed by atoms with E-state index in [1.54, 1.807) is 6.08 Å². The molecule has 36 heavy (non-hydrogen) atoms. The van der Waals surface area contributed by atoms with Crippen molar-refractivity contribution < 1.29 is 18.7 Å². The van der Waals surface area contributed by atoms with Crippen molar-refractivity contribution in [3.63, 3.8) is 0 Å². The molecule has 0 aromatic heterocycles. The van der Waals surface area contributed by atoms with Gasteiger partial charge in [-0.1, -0.05) is 48.9 Å². The number of aliphatic hydroxyl groups is 1. The molecule has 0 radical (unpaired) electrons. The minimum atomic E-state index is -1.23. The molecule has 0 spiro atoms. The molecule has 2 aliphatic carbocycles. The molecule has 6 unspecified atom stereocenters. The monoisotopic (exact) mass is 498 g/mol. The van der Waals surface area contributed by atoms with Crippen molar-refractivity contribution in [3.8, 4) is 0 Å². The number of benzene rings is 1. The summed E-state index contributed by atoms with van der Waals surface area (Å²) in [4.78, 5) is 11.4. The van der Waals surface area contributed by atoms with Gasteiger partial charge < -0.3 is 15.7 Å². The lowest BCUT2D eigenvalue weighted by atomic mass is 9.68. The fourth-order valence-corrected chi connectivity index (χ4v) is 6.61. The van der Waals surface area contributed by atoms with Gasteiger partial charge in [0.15, 0.2) is 0 Å². The number of halogens is 2. The molecule has 1 saturated heterocycles. The first-order valence-corrected chi connectivity index (χ1v) is 13.5. The van der Waals surface area contributed by atoms with Crippen molar-refractivity contribution in [2.75, 3.05) is 26.2 Å². The van der Waals surface area contributed by atoms with E-state index in [4.69, 9.17) is 5.11 Å². The number of hydrogen-bond acceptors (Lipinski definition) is 3. The van der Waals surface area contributed by atoms with Crippen LogP contribution < -0.4 is 10.6 Å². The first-order chi connectivity index (χ1) is 17.5. The SMILES string of the molecule is CC1CC(c2ccccc2CCNC(=O)CO)C=CCC1C1CNCCCC1C1=CC(F)=CC(F)C1. The van der Waals surface area contributed by atoms with E-state index in [0.717, 1.165) is 56.8 Å². The zero-order valence-corrected chi connectivity index (χ0v) is 21.3. The molecule has 3 aliphatic rings. The number of hydrogen-bond donors (Lipinski definition) is 3. The van der Waals surface area contributed by atoms with Crippen LogP contribution in [0, 0.1) is 23.7 Å². The Morgan fingerprint density at radius 2 is 2.08 bits per heavy atom. The van der Waals surface area contributed by atoms with Crippen LogP contribution in [0.15, 0.2) is 60.0 Å². The number of rotatable bonds is 7. The third-order valence-electron chi connectivity index (χ3n) is 8.33. The van der Waals surface area contributed by atoms with Crippen LogP contribution in [0.1, 0.15) is 56.1 Å². The summed E-state index contributed by atoms with van der Waals surface area (Å²) in [5, 5.41) is 15.3. The standard InChI is InChI=1S/C30H40F2N2O2/c1-20-14-22(27-8-3-2-6-21(27)11-13-34-30(36)19-35)7-4-9-26(20)29-18-33-12-5-10-28(29)23-15-24(31)17-25(32)16-23/h2-4,6-8,15,17,20,22,25-26,28-29,33,35H,5,9-14,16,18-19H2,1H3,(H,34,36). The van der Waals surface area contributed by atoms with Gasteiger partial charge in [-0.3, -0.25) is 4.79 Å². The van der Waals surface area contributed by atoms with E-state index in [1.807, 2.05) is 6.07 Å². The van der Waals surface area contributed by atoms with Crippen LogP contribution >= 0.6 is 0 Å². The Bertz CT molecular complexity index is 989. The fourth-order valence-electron chi connectivity index (χ4n) is 6.61. The highest BCUT2D eigenvalue weighted by Crippen LogP contribution is 2.45. The van der Waals surface area contributed by atoms with Gasteiger partial charge in [0.25, 0.3) is 0 Å². The Balaban J connectivity index is 1.50. The van der Waals surface area contributed by atoms with Gasteiger partial charge in [0.1, 0.15) is 18.6 Å². The van der Waals surface area contributed by atoms with Crippen LogP contribution in [0.2, 0.25) is 0 Å². The molecule has 196 valence electrons. The smallest absolute Gasteiger partial charge is 0.245 e. The quantitative estimate of drug-likeness (QED) is 0.455. The predicted octanol–water partition coefficient (Wildman–Crippen LogP) is 5.16. The molecule has 6 heteroatoms. The number of allylic oxidation sites excluding steroid dienone is 6. The lowest BCUT2D eigenvalue weighted by molar-refractivity contribution is -0.123. The first-order valence-electron chi connectivity index (χ1n) is 13.5. The zero-order chi connectivity index (χ0) is 25.5. The normalized spacial score (nSPS) is 31.1. The zero-order valence-electron chi connectivity index (χ0n) is 21.3. The molecule has 1 fully saturated rings. The van der Waals surface area contributed by atoms with Crippen molar-refractivity contribution in [1.82, 2.24) is 10.6 Å². The van der Waals surface area contributed by atoms with Crippen molar-refractivity contribution in [2.24, 2.45) is 23.7 Å². The number of amides is 1. The Kier molecular flexibility index (Phi) is 9.49. The van der Waals surface area contributed by atoms with Crippen molar-refractivity contribution in [1.29, 1.82) is 0 Å². The van der Waals surface area contributed by atoms with Gasteiger partial charge in [-0.25, -0.2) is 8.78 Å². The molecule has 1 amide bonds. The molecule has 4 nitrogen and oxygen atoms in total. The van der Waals surface area contributed by atoms with E-state index in [0.29, 0.717) is 30.7 Å². The summed E-state index contributed by atoms with van der Waals surface area (Å²) in [6.45, 7) is 4.19. The number of alkyl halides is 1. The summed E-state index contributed by atoms with van der Waals surface area (Å²) in [5.74, 6) is 0.942. The Morgan fingerprint density at radius 3 is 2.89 bits per heavy atom. The lowest BCUT2D eigenvalue weighted by Crippen LogP contribution is -2.35. The van der Waals surface area contributed by atoms with Crippen LogP contribution in [-0.2, 0) is 11.2 Å². The summed E-state index contributed by atoms with van der Waals surface area (Å²) in [7, 11) is 0.